The van der Waals surface area contributed by atoms with Gasteiger partial charge in [0.1, 0.15) is 11.2 Å². The Bertz CT molecular complexity index is 754. The maximum absolute atomic E-state index is 6.75. The fourth-order valence-electron chi connectivity index (χ4n) is 8.40. The van der Waals surface area contributed by atoms with Gasteiger partial charge in [-0.25, -0.2) is 0 Å². The van der Waals surface area contributed by atoms with Gasteiger partial charge in [-0.2, -0.15) is 0 Å². The second-order valence-corrected chi connectivity index (χ2v) is 11.0. The summed E-state index contributed by atoms with van der Waals surface area (Å²) in [6.45, 7) is 11.2. The van der Waals surface area contributed by atoms with Crippen LogP contribution in [0.15, 0.2) is 24.3 Å². The van der Waals surface area contributed by atoms with E-state index < -0.39 is 0 Å². The van der Waals surface area contributed by atoms with Crippen LogP contribution in [0.1, 0.15) is 71.6 Å². The Labute approximate surface area is 175 Å². The summed E-state index contributed by atoms with van der Waals surface area (Å²) in [6, 6.07) is 0. The lowest BCUT2D eigenvalue weighted by Crippen LogP contribution is -2.55. The average Bonchev–Trinajstić information content (AvgIpc) is 2.95. The largest absolute Gasteiger partial charge is 0.377 e. The standard InChI is InChI=1S/C25H36O4/c1-4-5-14-26-20-7-6-18-21(2)10-11-23-17-24(27-15-16-28-24)12-13-25(23,29-23)19(21)8-9-22(18,20)3/h4,8,18,20H,1,5-7,9-17H2,2-3H3/t18-,20?,21-,22-,23+,25+/m0/s1. The summed E-state index contributed by atoms with van der Waals surface area (Å²) in [6.07, 6.45) is 14.8. The van der Waals surface area contributed by atoms with Crippen LogP contribution in [0.5, 0.6) is 0 Å². The van der Waals surface area contributed by atoms with Crippen LogP contribution in [-0.2, 0) is 18.9 Å². The molecule has 2 aliphatic heterocycles. The first-order valence-corrected chi connectivity index (χ1v) is 11.8. The Morgan fingerprint density at radius 3 is 2.76 bits per heavy atom. The van der Waals surface area contributed by atoms with Crippen molar-refractivity contribution in [3.63, 3.8) is 0 Å². The SMILES string of the molecule is C=CCCOC1CC[C@H]2[C@]3(C)CC[C@@]45CC6(CC[C@@]4(O5)C3=CC[C@]12C)OCCO6. The van der Waals surface area contributed by atoms with E-state index in [1.54, 1.807) is 5.57 Å². The monoisotopic (exact) mass is 400 g/mol. The van der Waals surface area contributed by atoms with Crippen molar-refractivity contribution in [2.75, 3.05) is 19.8 Å². The van der Waals surface area contributed by atoms with Crippen LogP contribution in [0.25, 0.3) is 0 Å². The Balaban J connectivity index is 1.30. The van der Waals surface area contributed by atoms with Crippen molar-refractivity contribution in [3.8, 4) is 0 Å². The summed E-state index contributed by atoms with van der Waals surface area (Å²) in [5, 5.41) is 0. The molecule has 3 saturated carbocycles. The Morgan fingerprint density at radius 1 is 1.14 bits per heavy atom. The number of hydrogen-bond donors (Lipinski definition) is 0. The third kappa shape index (κ3) is 2.30. The molecule has 0 radical (unpaired) electrons. The highest BCUT2D eigenvalue weighted by molar-refractivity contribution is 5.46. The maximum Gasteiger partial charge on any atom is 0.171 e. The number of ether oxygens (including phenoxy) is 4. The summed E-state index contributed by atoms with van der Waals surface area (Å²) in [7, 11) is 0. The average molecular weight is 401 g/mol. The van der Waals surface area contributed by atoms with E-state index in [4.69, 9.17) is 18.9 Å². The molecule has 4 aliphatic carbocycles. The minimum absolute atomic E-state index is 0.0346. The maximum atomic E-state index is 6.75. The number of fused-ring (bicyclic) bond motifs is 3. The van der Waals surface area contributed by atoms with E-state index in [1.807, 2.05) is 6.08 Å². The molecule has 2 saturated heterocycles. The molecule has 2 heterocycles. The van der Waals surface area contributed by atoms with Crippen LogP contribution in [-0.4, -0.2) is 42.9 Å². The Morgan fingerprint density at radius 2 is 1.97 bits per heavy atom. The Hall–Kier alpha value is -0.680. The van der Waals surface area contributed by atoms with Crippen LogP contribution in [0.2, 0.25) is 0 Å². The predicted octanol–water partition coefficient (Wildman–Crippen LogP) is 4.93. The zero-order chi connectivity index (χ0) is 20.0. The summed E-state index contributed by atoms with van der Waals surface area (Å²) in [5.41, 5.74) is 2.04. The normalized spacial score (nSPS) is 51.6. The topological polar surface area (TPSA) is 40.2 Å². The van der Waals surface area contributed by atoms with Gasteiger partial charge < -0.3 is 18.9 Å². The minimum Gasteiger partial charge on any atom is -0.377 e. The zero-order valence-electron chi connectivity index (χ0n) is 18.1. The number of epoxide rings is 1. The summed E-state index contributed by atoms with van der Waals surface area (Å²) >= 11 is 0. The molecule has 29 heavy (non-hydrogen) atoms. The smallest absolute Gasteiger partial charge is 0.171 e. The van der Waals surface area contributed by atoms with E-state index in [9.17, 15) is 0 Å². The predicted molar refractivity (Wildman–Crippen MR) is 110 cm³/mol. The minimum atomic E-state index is -0.366. The molecule has 4 nitrogen and oxygen atoms in total. The number of allylic oxidation sites excluding steroid dienone is 1. The van der Waals surface area contributed by atoms with Crippen molar-refractivity contribution in [3.05, 3.63) is 24.3 Å². The van der Waals surface area contributed by atoms with E-state index >= 15 is 0 Å². The fourth-order valence-corrected chi connectivity index (χ4v) is 8.40. The summed E-state index contributed by atoms with van der Waals surface area (Å²) in [4.78, 5) is 0. The molecule has 4 heteroatoms. The van der Waals surface area contributed by atoms with Crippen molar-refractivity contribution in [2.24, 2.45) is 16.7 Å². The van der Waals surface area contributed by atoms with Crippen molar-refractivity contribution < 1.29 is 18.9 Å². The van der Waals surface area contributed by atoms with Crippen LogP contribution >= 0.6 is 0 Å². The molecule has 0 aromatic carbocycles. The molecule has 1 unspecified atom stereocenters. The lowest BCUT2D eigenvalue weighted by Gasteiger charge is -2.56. The molecule has 0 bridgehead atoms. The van der Waals surface area contributed by atoms with Crippen molar-refractivity contribution >= 4 is 0 Å². The van der Waals surface area contributed by atoms with Gasteiger partial charge in [0.2, 0.25) is 0 Å². The molecule has 0 aromatic heterocycles. The highest BCUT2D eigenvalue weighted by Crippen LogP contribution is 2.76. The molecule has 5 fully saturated rings. The van der Waals surface area contributed by atoms with Gasteiger partial charge in [-0.3, -0.25) is 0 Å². The zero-order valence-corrected chi connectivity index (χ0v) is 18.1. The van der Waals surface area contributed by atoms with Gasteiger partial charge in [0.15, 0.2) is 5.79 Å². The van der Waals surface area contributed by atoms with Crippen molar-refractivity contribution in [2.45, 2.75) is 94.7 Å². The highest BCUT2D eigenvalue weighted by Gasteiger charge is 2.81. The molecular weight excluding hydrogens is 364 g/mol. The second kappa shape index (κ2) is 5.97. The molecule has 6 atom stereocenters. The highest BCUT2D eigenvalue weighted by atomic mass is 16.7. The first-order valence-electron chi connectivity index (χ1n) is 11.8. The van der Waals surface area contributed by atoms with Gasteiger partial charge in [0, 0.05) is 18.3 Å². The molecule has 6 rings (SSSR count). The third-order valence-corrected chi connectivity index (χ3v) is 9.79. The van der Waals surface area contributed by atoms with Crippen LogP contribution in [0.3, 0.4) is 0 Å². The van der Waals surface area contributed by atoms with E-state index in [-0.39, 0.29) is 27.8 Å². The summed E-state index contributed by atoms with van der Waals surface area (Å²) in [5.74, 6) is 0.324. The molecule has 0 aromatic rings. The second-order valence-electron chi connectivity index (χ2n) is 11.0. The van der Waals surface area contributed by atoms with Gasteiger partial charge >= 0.3 is 0 Å². The molecular formula is C25H36O4. The molecule has 0 amide bonds. The van der Waals surface area contributed by atoms with E-state index in [0.29, 0.717) is 12.0 Å². The lowest BCUT2D eigenvalue weighted by molar-refractivity contribution is -0.186. The van der Waals surface area contributed by atoms with Gasteiger partial charge in [-0.05, 0) is 61.9 Å². The molecule has 0 N–H and O–H groups in total. The molecule has 160 valence electrons. The van der Waals surface area contributed by atoms with E-state index in [0.717, 1.165) is 58.3 Å². The van der Waals surface area contributed by atoms with Crippen molar-refractivity contribution in [1.82, 2.24) is 0 Å². The van der Waals surface area contributed by atoms with Crippen LogP contribution in [0.4, 0.5) is 0 Å². The van der Waals surface area contributed by atoms with E-state index in [1.165, 1.54) is 19.3 Å². The quantitative estimate of drug-likeness (QED) is 0.381. The lowest BCUT2D eigenvalue weighted by atomic mass is 9.48. The molecule has 1 spiro atoms. The first kappa shape index (κ1) is 19.0. The van der Waals surface area contributed by atoms with Crippen LogP contribution in [0, 0.1) is 16.7 Å². The van der Waals surface area contributed by atoms with Gasteiger partial charge in [0.25, 0.3) is 0 Å². The fraction of sp³-hybridized carbons (Fsp3) is 0.840. The van der Waals surface area contributed by atoms with Crippen molar-refractivity contribution in [1.29, 1.82) is 0 Å². The van der Waals surface area contributed by atoms with Gasteiger partial charge in [0.05, 0.1) is 25.9 Å². The van der Waals surface area contributed by atoms with E-state index in [2.05, 4.69) is 26.5 Å². The number of rotatable bonds is 4. The van der Waals surface area contributed by atoms with Crippen LogP contribution < -0.4 is 0 Å². The first-order chi connectivity index (χ1) is 13.9. The third-order valence-electron chi connectivity index (χ3n) is 9.79. The molecule has 6 aliphatic rings. The van der Waals surface area contributed by atoms with Gasteiger partial charge in [-0.1, -0.05) is 26.0 Å². The number of hydrogen-bond acceptors (Lipinski definition) is 4. The van der Waals surface area contributed by atoms with Gasteiger partial charge in [-0.15, -0.1) is 6.58 Å². The summed E-state index contributed by atoms with van der Waals surface area (Å²) < 4.78 is 25.3. The Kier molecular flexibility index (Phi) is 3.92.